The van der Waals surface area contributed by atoms with Gasteiger partial charge >= 0.3 is 0 Å². The van der Waals surface area contributed by atoms with E-state index in [0.717, 1.165) is 24.6 Å². The molecule has 12 heavy (non-hydrogen) atoms. The maximum absolute atomic E-state index is 4.26. The second-order valence-electron chi connectivity index (χ2n) is 3.22. The van der Waals surface area contributed by atoms with E-state index >= 15 is 0 Å². The molecule has 0 saturated carbocycles. The summed E-state index contributed by atoms with van der Waals surface area (Å²) in [5, 5.41) is 0. The Morgan fingerprint density at radius 3 is 3.08 bits per heavy atom. The maximum atomic E-state index is 4.26. The molecule has 0 aliphatic carbocycles. The summed E-state index contributed by atoms with van der Waals surface area (Å²) in [4.78, 5) is 11.1. The molecule has 0 saturated heterocycles. The minimum Gasteiger partial charge on any atom is -0.344 e. The highest BCUT2D eigenvalue weighted by molar-refractivity contribution is 5.76. The molecule has 0 amide bonds. The first kappa shape index (κ1) is 8.97. The van der Waals surface area contributed by atoms with Crippen LogP contribution in [-0.2, 0) is 0 Å². The molecule has 1 N–H and O–H groups in total. The predicted molar refractivity (Wildman–Crippen MR) is 50.5 cm³/mol. The SMILES string of the molecule is CC(C)CCN=Cc1cnc[nH]1. The van der Waals surface area contributed by atoms with Crippen LogP contribution in [0.2, 0.25) is 0 Å². The normalized spacial score (nSPS) is 11.6. The first-order valence-corrected chi connectivity index (χ1v) is 4.27. The lowest BCUT2D eigenvalue weighted by atomic mass is 10.1. The van der Waals surface area contributed by atoms with E-state index in [1.54, 1.807) is 12.5 Å². The Morgan fingerprint density at radius 1 is 1.67 bits per heavy atom. The first-order chi connectivity index (χ1) is 5.79. The van der Waals surface area contributed by atoms with Gasteiger partial charge in [0, 0.05) is 12.8 Å². The average Bonchev–Trinajstić information content (AvgIpc) is 2.49. The molecule has 1 rings (SSSR count). The van der Waals surface area contributed by atoms with Gasteiger partial charge in [-0.2, -0.15) is 0 Å². The number of hydrogen-bond acceptors (Lipinski definition) is 2. The zero-order valence-electron chi connectivity index (χ0n) is 7.62. The summed E-state index contributed by atoms with van der Waals surface area (Å²) < 4.78 is 0. The number of imidazole rings is 1. The Hall–Kier alpha value is -1.12. The van der Waals surface area contributed by atoms with E-state index in [2.05, 4.69) is 28.8 Å². The molecule has 0 atom stereocenters. The molecule has 0 fully saturated rings. The van der Waals surface area contributed by atoms with Crippen molar-refractivity contribution in [2.45, 2.75) is 20.3 Å². The van der Waals surface area contributed by atoms with E-state index in [9.17, 15) is 0 Å². The van der Waals surface area contributed by atoms with Crippen molar-refractivity contribution < 1.29 is 0 Å². The Labute approximate surface area is 72.9 Å². The van der Waals surface area contributed by atoms with E-state index in [1.165, 1.54) is 0 Å². The van der Waals surface area contributed by atoms with Crippen molar-refractivity contribution in [3.63, 3.8) is 0 Å². The molecule has 0 aromatic carbocycles. The standard InChI is InChI=1S/C9H15N3/c1-8(2)3-4-10-5-9-6-11-7-12-9/h5-8H,3-4H2,1-2H3,(H,11,12). The summed E-state index contributed by atoms with van der Waals surface area (Å²) >= 11 is 0. The molecule has 1 heterocycles. The first-order valence-electron chi connectivity index (χ1n) is 4.27. The fourth-order valence-electron chi connectivity index (χ4n) is 0.833. The minimum absolute atomic E-state index is 0.726. The molecule has 3 nitrogen and oxygen atoms in total. The van der Waals surface area contributed by atoms with E-state index in [0.29, 0.717) is 0 Å². The summed E-state index contributed by atoms with van der Waals surface area (Å²) in [6.45, 7) is 5.30. The number of hydrogen-bond donors (Lipinski definition) is 1. The molecule has 0 radical (unpaired) electrons. The Morgan fingerprint density at radius 2 is 2.50 bits per heavy atom. The number of aromatic nitrogens is 2. The van der Waals surface area contributed by atoms with Gasteiger partial charge in [0.05, 0.1) is 18.2 Å². The third-order valence-electron chi connectivity index (χ3n) is 1.59. The highest BCUT2D eigenvalue weighted by Gasteiger charge is 1.90. The van der Waals surface area contributed by atoms with Crippen molar-refractivity contribution in [2.24, 2.45) is 10.9 Å². The van der Waals surface area contributed by atoms with E-state index in [1.807, 2.05) is 6.21 Å². The van der Waals surface area contributed by atoms with Crippen LogP contribution in [0.3, 0.4) is 0 Å². The highest BCUT2D eigenvalue weighted by atomic mass is 14.9. The average molecular weight is 165 g/mol. The zero-order chi connectivity index (χ0) is 8.81. The van der Waals surface area contributed by atoms with Crippen molar-refractivity contribution in [3.05, 3.63) is 18.2 Å². The molecule has 0 bridgehead atoms. The predicted octanol–water partition coefficient (Wildman–Crippen LogP) is 1.87. The van der Waals surface area contributed by atoms with E-state index < -0.39 is 0 Å². The third-order valence-corrected chi connectivity index (χ3v) is 1.59. The number of nitrogens with zero attached hydrogens (tertiary/aromatic N) is 2. The van der Waals surface area contributed by atoms with Crippen LogP contribution in [0.5, 0.6) is 0 Å². The number of aromatic amines is 1. The van der Waals surface area contributed by atoms with Crippen LogP contribution in [-0.4, -0.2) is 22.7 Å². The van der Waals surface area contributed by atoms with E-state index in [4.69, 9.17) is 0 Å². The van der Waals surface area contributed by atoms with Crippen LogP contribution >= 0.6 is 0 Å². The molecule has 0 aliphatic heterocycles. The highest BCUT2D eigenvalue weighted by Crippen LogP contribution is 1.98. The zero-order valence-corrected chi connectivity index (χ0v) is 7.62. The Kier molecular flexibility index (Phi) is 3.51. The van der Waals surface area contributed by atoms with Gasteiger partial charge in [-0.1, -0.05) is 13.8 Å². The molecular formula is C9H15N3. The number of rotatable bonds is 4. The van der Waals surface area contributed by atoms with Gasteiger partial charge in [-0.3, -0.25) is 4.99 Å². The lowest BCUT2D eigenvalue weighted by Crippen LogP contribution is -1.91. The molecule has 66 valence electrons. The van der Waals surface area contributed by atoms with Gasteiger partial charge in [-0.05, 0) is 12.3 Å². The maximum Gasteiger partial charge on any atom is 0.0924 e. The number of H-pyrrole nitrogens is 1. The summed E-state index contributed by atoms with van der Waals surface area (Å²) in [7, 11) is 0. The summed E-state index contributed by atoms with van der Waals surface area (Å²) in [6, 6.07) is 0. The number of nitrogens with one attached hydrogen (secondary N) is 1. The van der Waals surface area contributed by atoms with Crippen LogP contribution in [0.25, 0.3) is 0 Å². The Bertz CT molecular complexity index is 224. The van der Waals surface area contributed by atoms with Gasteiger partial charge in [-0.25, -0.2) is 4.98 Å². The van der Waals surface area contributed by atoms with Crippen molar-refractivity contribution >= 4 is 6.21 Å². The molecular weight excluding hydrogens is 150 g/mol. The molecule has 0 spiro atoms. The second kappa shape index (κ2) is 4.70. The van der Waals surface area contributed by atoms with Crippen LogP contribution in [0, 0.1) is 5.92 Å². The van der Waals surface area contributed by atoms with Gasteiger partial charge in [0.1, 0.15) is 0 Å². The monoisotopic (exact) mass is 165 g/mol. The fraction of sp³-hybridized carbons (Fsp3) is 0.556. The summed E-state index contributed by atoms with van der Waals surface area (Å²) in [6.07, 6.45) is 6.39. The largest absolute Gasteiger partial charge is 0.344 e. The van der Waals surface area contributed by atoms with Gasteiger partial charge in [-0.15, -0.1) is 0 Å². The molecule has 1 aromatic rings. The summed E-state index contributed by atoms with van der Waals surface area (Å²) in [5.41, 5.74) is 0.971. The van der Waals surface area contributed by atoms with Crippen molar-refractivity contribution in [3.8, 4) is 0 Å². The van der Waals surface area contributed by atoms with Crippen molar-refractivity contribution in [2.75, 3.05) is 6.54 Å². The van der Waals surface area contributed by atoms with Crippen LogP contribution in [0.15, 0.2) is 17.5 Å². The second-order valence-corrected chi connectivity index (χ2v) is 3.22. The number of aliphatic imine (C=N–C) groups is 1. The molecule has 0 aliphatic rings. The minimum atomic E-state index is 0.726. The van der Waals surface area contributed by atoms with Gasteiger partial charge in [0.25, 0.3) is 0 Å². The summed E-state index contributed by atoms with van der Waals surface area (Å²) in [5.74, 6) is 0.726. The Balaban J connectivity index is 2.23. The molecule has 1 aromatic heterocycles. The third kappa shape index (κ3) is 3.32. The smallest absolute Gasteiger partial charge is 0.0924 e. The van der Waals surface area contributed by atoms with Crippen LogP contribution in [0.4, 0.5) is 0 Å². The lowest BCUT2D eigenvalue weighted by Gasteiger charge is -1.98. The van der Waals surface area contributed by atoms with Gasteiger partial charge in [0.2, 0.25) is 0 Å². The van der Waals surface area contributed by atoms with Crippen molar-refractivity contribution in [1.29, 1.82) is 0 Å². The van der Waals surface area contributed by atoms with Gasteiger partial charge < -0.3 is 4.98 Å². The van der Waals surface area contributed by atoms with E-state index in [-0.39, 0.29) is 0 Å². The molecule has 3 heteroatoms. The lowest BCUT2D eigenvalue weighted by molar-refractivity contribution is 0.597. The van der Waals surface area contributed by atoms with Crippen LogP contribution in [0.1, 0.15) is 26.0 Å². The van der Waals surface area contributed by atoms with Gasteiger partial charge in [0.15, 0.2) is 0 Å². The van der Waals surface area contributed by atoms with Crippen molar-refractivity contribution in [1.82, 2.24) is 9.97 Å². The molecule has 0 unspecified atom stereocenters. The quantitative estimate of drug-likeness (QED) is 0.680. The van der Waals surface area contributed by atoms with Crippen LogP contribution < -0.4 is 0 Å². The topological polar surface area (TPSA) is 41.0 Å². The fourth-order valence-corrected chi connectivity index (χ4v) is 0.833.